The summed E-state index contributed by atoms with van der Waals surface area (Å²) in [4.78, 5) is 11.7. The minimum Gasteiger partial charge on any atom is -0.371 e. The molecular formula is C14H11BrF2N2O. The summed E-state index contributed by atoms with van der Waals surface area (Å²) in [6.07, 6.45) is 0. The zero-order valence-corrected chi connectivity index (χ0v) is 11.9. The van der Waals surface area contributed by atoms with Gasteiger partial charge >= 0.3 is 0 Å². The summed E-state index contributed by atoms with van der Waals surface area (Å²) in [7, 11) is 0. The topological polar surface area (TPSA) is 41.1 Å². The fourth-order valence-corrected chi connectivity index (χ4v) is 1.84. The fourth-order valence-electron chi connectivity index (χ4n) is 1.57. The molecule has 2 aromatic carbocycles. The molecule has 104 valence electrons. The summed E-state index contributed by atoms with van der Waals surface area (Å²) in [6, 6.07) is 10.5. The summed E-state index contributed by atoms with van der Waals surface area (Å²) >= 11 is 3.28. The molecule has 0 unspecified atom stereocenters. The van der Waals surface area contributed by atoms with Crippen LogP contribution in [0.5, 0.6) is 0 Å². The molecule has 0 spiro atoms. The first-order valence-corrected chi connectivity index (χ1v) is 6.59. The lowest BCUT2D eigenvalue weighted by atomic mass is 10.3. The Hall–Kier alpha value is -1.95. The summed E-state index contributed by atoms with van der Waals surface area (Å²) in [5.74, 6) is -1.86. The van der Waals surface area contributed by atoms with E-state index >= 15 is 0 Å². The maximum atomic E-state index is 13.3. The Bertz CT molecular complexity index is 597. The molecule has 3 nitrogen and oxygen atoms in total. The maximum Gasteiger partial charge on any atom is 0.243 e. The van der Waals surface area contributed by atoms with Gasteiger partial charge in [0.15, 0.2) is 0 Å². The highest BCUT2D eigenvalue weighted by Crippen LogP contribution is 2.18. The monoisotopic (exact) mass is 340 g/mol. The van der Waals surface area contributed by atoms with Crippen molar-refractivity contribution in [1.82, 2.24) is 0 Å². The van der Waals surface area contributed by atoms with E-state index < -0.39 is 17.5 Å². The van der Waals surface area contributed by atoms with Crippen LogP contribution in [-0.4, -0.2) is 12.5 Å². The molecule has 0 aromatic heterocycles. The van der Waals surface area contributed by atoms with E-state index in [2.05, 4.69) is 26.6 Å². The molecule has 0 fully saturated rings. The number of halogens is 3. The Balaban J connectivity index is 1.94. The van der Waals surface area contributed by atoms with Gasteiger partial charge in [-0.2, -0.15) is 0 Å². The quantitative estimate of drug-likeness (QED) is 0.889. The molecule has 20 heavy (non-hydrogen) atoms. The number of rotatable bonds is 4. The Morgan fingerprint density at radius 1 is 1.05 bits per heavy atom. The SMILES string of the molecule is O=C(CNc1c(F)cccc1F)Nc1ccc(Br)cc1. The smallest absolute Gasteiger partial charge is 0.243 e. The molecule has 0 bridgehead atoms. The van der Waals surface area contributed by atoms with Gasteiger partial charge in [-0.3, -0.25) is 4.79 Å². The Morgan fingerprint density at radius 2 is 1.65 bits per heavy atom. The first kappa shape index (κ1) is 14.5. The van der Waals surface area contributed by atoms with Gasteiger partial charge in [-0.25, -0.2) is 8.78 Å². The lowest BCUT2D eigenvalue weighted by Gasteiger charge is -2.09. The van der Waals surface area contributed by atoms with E-state index in [0.717, 1.165) is 16.6 Å². The van der Waals surface area contributed by atoms with E-state index in [1.54, 1.807) is 24.3 Å². The predicted molar refractivity (Wildman–Crippen MR) is 77.6 cm³/mol. The zero-order chi connectivity index (χ0) is 14.5. The fraction of sp³-hybridized carbons (Fsp3) is 0.0714. The van der Waals surface area contributed by atoms with Crippen LogP contribution in [0.25, 0.3) is 0 Å². The van der Waals surface area contributed by atoms with E-state index in [4.69, 9.17) is 0 Å². The molecule has 0 aliphatic carbocycles. The van der Waals surface area contributed by atoms with Crippen LogP contribution in [0.2, 0.25) is 0 Å². The molecule has 0 saturated heterocycles. The molecule has 2 N–H and O–H groups in total. The van der Waals surface area contributed by atoms with Crippen molar-refractivity contribution in [1.29, 1.82) is 0 Å². The normalized spacial score (nSPS) is 10.2. The van der Waals surface area contributed by atoms with E-state index in [1.807, 2.05) is 0 Å². The van der Waals surface area contributed by atoms with Crippen molar-refractivity contribution in [3.8, 4) is 0 Å². The van der Waals surface area contributed by atoms with Crippen molar-refractivity contribution in [3.63, 3.8) is 0 Å². The molecule has 0 heterocycles. The van der Waals surface area contributed by atoms with Crippen molar-refractivity contribution in [2.75, 3.05) is 17.2 Å². The van der Waals surface area contributed by atoms with Crippen LogP contribution in [0.1, 0.15) is 0 Å². The third-order valence-corrected chi connectivity index (χ3v) is 3.05. The molecule has 0 atom stereocenters. The lowest BCUT2D eigenvalue weighted by Crippen LogP contribution is -2.22. The van der Waals surface area contributed by atoms with Gasteiger partial charge in [-0.1, -0.05) is 22.0 Å². The second kappa shape index (κ2) is 6.47. The maximum absolute atomic E-state index is 13.3. The van der Waals surface area contributed by atoms with Crippen LogP contribution < -0.4 is 10.6 Å². The van der Waals surface area contributed by atoms with Crippen molar-refractivity contribution >= 4 is 33.2 Å². The van der Waals surface area contributed by atoms with Crippen LogP contribution in [0.3, 0.4) is 0 Å². The minimum absolute atomic E-state index is 0.228. The Kier molecular flexibility index (Phi) is 4.68. The zero-order valence-electron chi connectivity index (χ0n) is 10.3. The van der Waals surface area contributed by atoms with Crippen LogP contribution in [0.15, 0.2) is 46.9 Å². The number of amides is 1. The molecular weight excluding hydrogens is 330 g/mol. The van der Waals surface area contributed by atoms with Crippen molar-refractivity contribution in [2.24, 2.45) is 0 Å². The number of hydrogen-bond donors (Lipinski definition) is 2. The highest BCUT2D eigenvalue weighted by Gasteiger charge is 2.09. The van der Waals surface area contributed by atoms with Crippen LogP contribution >= 0.6 is 15.9 Å². The highest BCUT2D eigenvalue weighted by molar-refractivity contribution is 9.10. The third-order valence-electron chi connectivity index (χ3n) is 2.52. The van der Waals surface area contributed by atoms with Gasteiger partial charge in [0.25, 0.3) is 0 Å². The van der Waals surface area contributed by atoms with E-state index in [1.165, 1.54) is 6.07 Å². The number of carbonyl (C=O) groups excluding carboxylic acids is 1. The van der Waals surface area contributed by atoms with E-state index in [9.17, 15) is 13.6 Å². The number of nitrogens with one attached hydrogen (secondary N) is 2. The third kappa shape index (κ3) is 3.77. The minimum atomic E-state index is -0.735. The molecule has 2 rings (SSSR count). The van der Waals surface area contributed by atoms with Crippen LogP contribution in [-0.2, 0) is 4.79 Å². The van der Waals surface area contributed by atoms with Gasteiger partial charge in [-0.15, -0.1) is 0 Å². The number of anilines is 2. The van der Waals surface area contributed by atoms with Crippen LogP contribution in [0.4, 0.5) is 20.2 Å². The molecule has 2 aromatic rings. The van der Waals surface area contributed by atoms with Crippen LogP contribution in [0, 0.1) is 11.6 Å². The van der Waals surface area contributed by atoms with Gasteiger partial charge in [0.1, 0.15) is 17.3 Å². The van der Waals surface area contributed by atoms with E-state index in [-0.39, 0.29) is 12.2 Å². The first-order chi connectivity index (χ1) is 9.56. The molecule has 0 aliphatic rings. The average Bonchev–Trinajstić information content (AvgIpc) is 2.41. The standard InChI is InChI=1S/C14H11BrF2N2O/c15-9-4-6-10(7-5-9)19-13(20)8-18-14-11(16)2-1-3-12(14)17/h1-7,18H,8H2,(H,19,20). The molecule has 0 radical (unpaired) electrons. The summed E-state index contributed by atoms with van der Waals surface area (Å²) in [5, 5.41) is 5.05. The van der Waals surface area contributed by atoms with Gasteiger partial charge in [0.2, 0.25) is 5.91 Å². The summed E-state index contributed by atoms with van der Waals surface area (Å²) in [5.41, 5.74) is 0.299. The number of benzene rings is 2. The Morgan fingerprint density at radius 3 is 2.25 bits per heavy atom. The Labute approximate surface area is 123 Å². The van der Waals surface area contributed by atoms with Gasteiger partial charge in [-0.05, 0) is 36.4 Å². The summed E-state index contributed by atoms with van der Waals surface area (Å²) in [6.45, 7) is -0.228. The number of para-hydroxylation sites is 1. The van der Waals surface area contributed by atoms with Gasteiger partial charge < -0.3 is 10.6 Å². The molecule has 0 saturated carbocycles. The van der Waals surface area contributed by atoms with E-state index in [0.29, 0.717) is 5.69 Å². The first-order valence-electron chi connectivity index (χ1n) is 5.79. The summed E-state index contributed by atoms with van der Waals surface area (Å²) < 4.78 is 27.6. The molecule has 6 heteroatoms. The lowest BCUT2D eigenvalue weighted by molar-refractivity contribution is -0.114. The van der Waals surface area contributed by atoms with Crippen molar-refractivity contribution < 1.29 is 13.6 Å². The largest absolute Gasteiger partial charge is 0.371 e. The average molecular weight is 341 g/mol. The van der Waals surface area contributed by atoms with Gasteiger partial charge in [0.05, 0.1) is 6.54 Å². The predicted octanol–water partition coefficient (Wildman–Crippen LogP) is 3.78. The molecule has 0 aliphatic heterocycles. The molecule has 1 amide bonds. The van der Waals surface area contributed by atoms with Crippen molar-refractivity contribution in [2.45, 2.75) is 0 Å². The number of hydrogen-bond acceptors (Lipinski definition) is 2. The highest BCUT2D eigenvalue weighted by atomic mass is 79.9. The van der Waals surface area contributed by atoms with Gasteiger partial charge in [0, 0.05) is 10.2 Å². The second-order valence-corrected chi connectivity index (χ2v) is 4.92. The second-order valence-electron chi connectivity index (χ2n) is 4.01. The number of carbonyl (C=O) groups is 1. The van der Waals surface area contributed by atoms with Crippen molar-refractivity contribution in [3.05, 3.63) is 58.6 Å².